The Balaban J connectivity index is 1.54. The van der Waals surface area contributed by atoms with E-state index >= 15 is 0 Å². The number of benzene rings is 2. The fourth-order valence-corrected chi connectivity index (χ4v) is 3.41. The Labute approximate surface area is 196 Å². The topological polar surface area (TPSA) is 125 Å². The summed E-state index contributed by atoms with van der Waals surface area (Å²) in [6.07, 6.45) is 0. The Morgan fingerprint density at radius 3 is 2.78 bits per heavy atom. The summed E-state index contributed by atoms with van der Waals surface area (Å²) >= 11 is 9.56. The minimum Gasteiger partial charge on any atom is -0.493 e. The third-order valence-electron chi connectivity index (χ3n) is 4.40. The van der Waals surface area contributed by atoms with Crippen LogP contribution in [0.3, 0.4) is 0 Å². The molecule has 0 spiro atoms. The first kappa shape index (κ1) is 23.8. The third-order valence-corrected chi connectivity index (χ3v) is 5.49. The number of rotatable bonds is 10. The van der Waals surface area contributed by atoms with Crippen LogP contribution in [0.4, 0.5) is 10.2 Å². The van der Waals surface area contributed by atoms with E-state index in [0.29, 0.717) is 36.2 Å². The van der Waals surface area contributed by atoms with E-state index < -0.39 is 11.7 Å². The molecule has 170 valence electrons. The van der Waals surface area contributed by atoms with Crippen molar-refractivity contribution < 1.29 is 23.3 Å². The van der Waals surface area contributed by atoms with E-state index in [0.717, 1.165) is 10.0 Å². The molecule has 0 radical (unpaired) electrons. The molecule has 0 aliphatic heterocycles. The Hall–Kier alpha value is -2.89. The number of ether oxygens (including phenoxy) is 2. The number of methoxy groups -OCH3 is 1. The second-order valence-corrected chi connectivity index (χ2v) is 7.78. The Kier molecular flexibility index (Phi) is 8.26. The van der Waals surface area contributed by atoms with Crippen LogP contribution < -0.4 is 25.8 Å². The second kappa shape index (κ2) is 11.1. The summed E-state index contributed by atoms with van der Waals surface area (Å²) in [5.74, 6) is -0.0461. The molecular weight excluding hydrogens is 509 g/mol. The molecule has 1 amide bonds. The van der Waals surface area contributed by atoms with Crippen LogP contribution in [-0.4, -0.2) is 36.4 Å². The first-order valence-electron chi connectivity index (χ1n) is 9.39. The summed E-state index contributed by atoms with van der Waals surface area (Å²) in [4.78, 5) is 11.9. The minimum absolute atomic E-state index is 0.0445. The molecule has 1 heterocycles. The van der Waals surface area contributed by atoms with Crippen molar-refractivity contribution in [2.45, 2.75) is 13.2 Å². The van der Waals surface area contributed by atoms with Crippen LogP contribution in [0.5, 0.6) is 11.5 Å². The van der Waals surface area contributed by atoms with Crippen molar-refractivity contribution in [3.8, 4) is 11.5 Å². The smallest absolute Gasteiger partial charge is 0.277 e. The molecule has 0 bridgehead atoms. The van der Waals surface area contributed by atoms with Crippen LogP contribution in [0.1, 0.15) is 21.6 Å². The molecule has 0 atom stereocenters. The first-order chi connectivity index (χ1) is 15.4. The molecule has 4 N–H and O–H groups in total. The summed E-state index contributed by atoms with van der Waals surface area (Å²) in [7, 11) is 1.52. The molecule has 0 unspecified atom stereocenters. The highest BCUT2D eigenvalue weighted by Gasteiger charge is 2.15. The van der Waals surface area contributed by atoms with Gasteiger partial charge in [-0.05, 0) is 40.1 Å². The molecule has 9 nitrogen and oxygen atoms in total. The minimum atomic E-state index is -0.468. The lowest BCUT2D eigenvalue weighted by Crippen LogP contribution is -2.32. The summed E-state index contributed by atoms with van der Waals surface area (Å²) in [6, 6.07) is 8.01. The Morgan fingerprint density at radius 1 is 1.28 bits per heavy atom. The number of hydrogen-bond donors (Lipinski definition) is 3. The van der Waals surface area contributed by atoms with Crippen LogP contribution in [0.25, 0.3) is 0 Å². The van der Waals surface area contributed by atoms with Crippen molar-refractivity contribution in [3.63, 3.8) is 0 Å². The zero-order chi connectivity index (χ0) is 23.1. The molecule has 0 aliphatic carbocycles. The maximum atomic E-state index is 14.0. The monoisotopic (exact) mass is 527 g/mol. The van der Waals surface area contributed by atoms with Gasteiger partial charge in [-0.1, -0.05) is 33.6 Å². The largest absolute Gasteiger partial charge is 0.493 e. The van der Waals surface area contributed by atoms with Crippen molar-refractivity contribution in [2.24, 2.45) is 0 Å². The number of hydrogen-bond acceptors (Lipinski definition) is 8. The van der Waals surface area contributed by atoms with E-state index in [9.17, 15) is 9.18 Å². The highest BCUT2D eigenvalue weighted by atomic mass is 79.9. The average molecular weight is 529 g/mol. The van der Waals surface area contributed by atoms with Crippen molar-refractivity contribution in [1.29, 1.82) is 0 Å². The van der Waals surface area contributed by atoms with Gasteiger partial charge in [0.15, 0.2) is 11.5 Å². The van der Waals surface area contributed by atoms with E-state index in [-0.39, 0.29) is 23.7 Å². The molecular formula is C20H20BrClFN5O4. The fraction of sp³-hybridized carbons (Fsp3) is 0.250. The average Bonchev–Trinajstić information content (AvgIpc) is 3.20. The zero-order valence-electron chi connectivity index (χ0n) is 17.0. The molecule has 0 fully saturated rings. The van der Waals surface area contributed by atoms with E-state index in [1.165, 1.54) is 19.2 Å². The number of anilines is 1. The molecule has 2 aromatic carbocycles. The molecule has 32 heavy (non-hydrogen) atoms. The van der Waals surface area contributed by atoms with Gasteiger partial charge in [0, 0.05) is 29.7 Å². The molecule has 3 aromatic rings. The zero-order valence-corrected chi connectivity index (χ0v) is 19.3. The fourth-order valence-electron chi connectivity index (χ4n) is 2.73. The Morgan fingerprint density at radius 2 is 2.09 bits per heavy atom. The van der Waals surface area contributed by atoms with Crippen LogP contribution in [-0.2, 0) is 13.2 Å². The number of nitrogens with zero attached hydrogens (tertiary/aromatic N) is 2. The van der Waals surface area contributed by atoms with Crippen molar-refractivity contribution in [2.75, 3.05) is 25.9 Å². The number of carbonyl (C=O) groups is 1. The predicted octanol–water partition coefficient (Wildman–Crippen LogP) is 3.31. The lowest BCUT2D eigenvalue weighted by molar-refractivity contribution is 0.0944. The summed E-state index contributed by atoms with van der Waals surface area (Å²) in [6.45, 7) is 1.26. The molecule has 12 heteroatoms. The van der Waals surface area contributed by atoms with Gasteiger partial charge in [-0.15, -0.1) is 0 Å². The number of nitrogens with two attached hydrogens (primary N) is 1. The van der Waals surface area contributed by atoms with Crippen molar-refractivity contribution in [3.05, 3.63) is 62.5 Å². The molecule has 1 aromatic heterocycles. The van der Waals surface area contributed by atoms with Crippen molar-refractivity contribution in [1.82, 2.24) is 20.9 Å². The van der Waals surface area contributed by atoms with Crippen molar-refractivity contribution >= 4 is 39.3 Å². The van der Waals surface area contributed by atoms with E-state index in [1.54, 1.807) is 18.2 Å². The van der Waals surface area contributed by atoms with Gasteiger partial charge in [0.05, 0.1) is 12.1 Å². The van der Waals surface area contributed by atoms with Gasteiger partial charge < -0.3 is 25.8 Å². The lowest BCUT2D eigenvalue weighted by atomic mass is 10.2. The number of amides is 1. The highest BCUT2D eigenvalue weighted by Crippen LogP contribution is 2.34. The van der Waals surface area contributed by atoms with E-state index in [4.69, 9.17) is 26.8 Å². The maximum absolute atomic E-state index is 14.0. The SMILES string of the molecule is COc1cc(CNCCNC(=O)c2nonc2N)c(Br)cc1OCc1c(F)cccc1Cl. The van der Waals surface area contributed by atoms with E-state index in [1.807, 2.05) is 0 Å². The predicted molar refractivity (Wildman–Crippen MR) is 119 cm³/mol. The third kappa shape index (κ3) is 5.87. The molecule has 0 saturated heterocycles. The van der Waals surface area contributed by atoms with Crippen LogP contribution in [0, 0.1) is 5.82 Å². The highest BCUT2D eigenvalue weighted by molar-refractivity contribution is 9.10. The molecule has 0 saturated carbocycles. The van der Waals surface area contributed by atoms with Gasteiger partial charge >= 0.3 is 0 Å². The maximum Gasteiger partial charge on any atom is 0.277 e. The normalized spacial score (nSPS) is 10.8. The molecule has 3 rings (SSSR count). The number of halogens is 3. The van der Waals surface area contributed by atoms with Gasteiger partial charge in [-0.25, -0.2) is 9.02 Å². The standard InChI is InChI=1S/C20H20BrClFN5O4/c1-30-16-7-11(9-25-5-6-26-20(29)18-19(24)28-32-27-18)13(21)8-17(16)31-10-12-14(22)3-2-4-15(12)23/h2-4,7-8,25H,5-6,9-10H2,1H3,(H2,24,28)(H,26,29). The summed E-state index contributed by atoms with van der Waals surface area (Å²) in [5.41, 5.74) is 6.59. The molecule has 0 aliphatic rings. The second-order valence-electron chi connectivity index (χ2n) is 6.51. The first-order valence-corrected chi connectivity index (χ1v) is 10.6. The summed E-state index contributed by atoms with van der Waals surface area (Å²) < 4.78 is 30.3. The van der Waals surface area contributed by atoms with Gasteiger partial charge in [0.1, 0.15) is 12.4 Å². The summed E-state index contributed by atoms with van der Waals surface area (Å²) in [5, 5.41) is 12.9. The number of carbonyl (C=O) groups excluding carboxylic acids is 1. The van der Waals surface area contributed by atoms with Crippen LogP contribution in [0.15, 0.2) is 39.4 Å². The van der Waals surface area contributed by atoms with Crippen LogP contribution in [0.2, 0.25) is 5.02 Å². The van der Waals surface area contributed by atoms with Gasteiger partial charge in [0.2, 0.25) is 11.5 Å². The van der Waals surface area contributed by atoms with Gasteiger partial charge in [-0.3, -0.25) is 4.79 Å². The Bertz CT molecular complexity index is 1080. The number of aromatic nitrogens is 2. The van der Waals surface area contributed by atoms with Gasteiger partial charge in [-0.2, -0.15) is 0 Å². The van der Waals surface area contributed by atoms with E-state index in [2.05, 4.69) is 41.5 Å². The van der Waals surface area contributed by atoms with Gasteiger partial charge in [0.25, 0.3) is 5.91 Å². The number of nitrogens with one attached hydrogen (secondary N) is 2. The van der Waals surface area contributed by atoms with Crippen LogP contribution >= 0.6 is 27.5 Å². The lowest BCUT2D eigenvalue weighted by Gasteiger charge is -2.15. The number of nitrogen functional groups attached to an aromatic ring is 1. The quantitative estimate of drug-likeness (QED) is 0.342.